The number of esters is 2. The molecule has 6 N–H and O–H groups in total. The number of aliphatic hydroxyl groups is 6. The minimum absolute atomic E-state index is 0.387. The number of hydrogen-bond acceptors (Lipinski definition) is 14. The molecule has 0 aromatic carbocycles. The van der Waals surface area contributed by atoms with Crippen LogP contribution in [0, 0.1) is 23.7 Å². The van der Waals surface area contributed by atoms with Crippen molar-refractivity contribution in [2.24, 2.45) is 23.7 Å². The molecule has 4 bridgehead atoms. The zero-order valence-electron chi connectivity index (χ0n) is 40.6. The first kappa shape index (κ1) is 56.9. The molecular formula is C50H92O14. The van der Waals surface area contributed by atoms with Crippen LogP contribution >= 0.6 is 0 Å². The van der Waals surface area contributed by atoms with Crippen molar-refractivity contribution in [3.8, 4) is 0 Å². The summed E-state index contributed by atoms with van der Waals surface area (Å²) in [7, 11) is 0. The lowest BCUT2D eigenvalue weighted by molar-refractivity contribution is -0.320. The normalized spacial score (nSPS) is 33.5. The minimum Gasteiger partial charge on any atom is -0.463 e. The first-order chi connectivity index (χ1) is 30.6. The van der Waals surface area contributed by atoms with Gasteiger partial charge >= 0.3 is 11.9 Å². The van der Waals surface area contributed by atoms with Crippen molar-refractivity contribution in [3.05, 3.63) is 0 Å². The molecule has 0 unspecified atom stereocenters. The molecule has 14 nitrogen and oxygen atoms in total. The molecule has 3 saturated heterocycles. The predicted octanol–water partition coefficient (Wildman–Crippen LogP) is 7.42. The number of aliphatic hydroxyl groups excluding tert-OH is 6. The van der Waals surface area contributed by atoms with Gasteiger partial charge in [0.15, 0.2) is 12.6 Å². The fourth-order valence-electron chi connectivity index (χ4n) is 9.07. The van der Waals surface area contributed by atoms with Crippen molar-refractivity contribution in [1.29, 1.82) is 0 Å². The van der Waals surface area contributed by atoms with E-state index in [4.69, 9.17) is 28.4 Å². The first-order valence-corrected chi connectivity index (χ1v) is 25.7. The van der Waals surface area contributed by atoms with Crippen LogP contribution in [-0.2, 0) is 38.0 Å². The standard InChI is InChI=1S/C50H92O14/c1-33(2)27-23-19-15-11-7-9-13-17-21-25-29-37-35(5)47(57)59-31-40-42(52)44(54)46(56)50(64-40)62-38(30-26-22-18-14-10-8-12-16-20-24-28-34(3)4)36(6)48(58)60-32-39-41(51)43(53)45(55)49(61-37)63-39/h33-46,49-56H,7-32H2,1-6H3/t35-,36-,37-,38-,39-,40-,41-,42-,43+,44+,45-,46-,49-,50-/m1/s1. The molecule has 64 heavy (non-hydrogen) atoms. The van der Waals surface area contributed by atoms with Crippen LogP contribution in [0.5, 0.6) is 0 Å². The number of cyclic esters (lactones) is 2. The van der Waals surface area contributed by atoms with Crippen LogP contribution in [0.25, 0.3) is 0 Å². The third-order valence-corrected chi connectivity index (χ3v) is 13.6. The van der Waals surface area contributed by atoms with Gasteiger partial charge in [-0.1, -0.05) is 169 Å². The third kappa shape index (κ3) is 20.4. The predicted molar refractivity (Wildman–Crippen MR) is 244 cm³/mol. The number of carbonyl (C=O) groups is 2. The molecule has 14 heteroatoms. The molecule has 3 aliphatic rings. The molecule has 3 aliphatic heterocycles. The van der Waals surface area contributed by atoms with Crippen LogP contribution in [-0.4, -0.2) is 129 Å². The summed E-state index contributed by atoms with van der Waals surface area (Å²) in [5.74, 6) is -1.72. The smallest absolute Gasteiger partial charge is 0.311 e. The molecule has 3 fully saturated rings. The minimum atomic E-state index is -1.69. The Bertz CT molecular complexity index is 1140. The van der Waals surface area contributed by atoms with Gasteiger partial charge in [-0.15, -0.1) is 0 Å². The van der Waals surface area contributed by atoms with Gasteiger partial charge in [0.05, 0.1) is 24.0 Å². The van der Waals surface area contributed by atoms with Crippen molar-refractivity contribution in [2.45, 2.75) is 269 Å². The fourth-order valence-corrected chi connectivity index (χ4v) is 9.07. The molecule has 3 heterocycles. The van der Waals surface area contributed by atoms with Crippen molar-refractivity contribution < 1.29 is 68.6 Å². The Kier molecular flexibility index (Phi) is 28.0. The van der Waals surface area contributed by atoms with Gasteiger partial charge in [0.25, 0.3) is 0 Å². The zero-order valence-corrected chi connectivity index (χ0v) is 40.6. The van der Waals surface area contributed by atoms with E-state index in [0.717, 1.165) is 63.2 Å². The van der Waals surface area contributed by atoms with Gasteiger partial charge in [-0.05, 0) is 38.5 Å². The molecule has 0 spiro atoms. The Hall–Kier alpha value is -1.46. The molecule has 0 radical (unpaired) electrons. The lowest BCUT2D eigenvalue weighted by atomic mass is 9.95. The summed E-state index contributed by atoms with van der Waals surface area (Å²) >= 11 is 0. The molecular weight excluding hydrogens is 825 g/mol. The summed E-state index contributed by atoms with van der Waals surface area (Å²) in [6.45, 7) is 11.3. The summed E-state index contributed by atoms with van der Waals surface area (Å²) in [5, 5.41) is 65.6. The van der Waals surface area contributed by atoms with Crippen molar-refractivity contribution in [1.82, 2.24) is 0 Å². The van der Waals surface area contributed by atoms with E-state index in [-0.39, 0.29) is 0 Å². The maximum absolute atomic E-state index is 13.6. The van der Waals surface area contributed by atoms with E-state index in [1.165, 1.54) is 77.0 Å². The number of rotatable bonds is 26. The van der Waals surface area contributed by atoms with E-state index in [2.05, 4.69) is 27.7 Å². The van der Waals surface area contributed by atoms with Gasteiger partial charge in [0, 0.05) is 0 Å². The Balaban J connectivity index is 1.65. The summed E-state index contributed by atoms with van der Waals surface area (Å²) in [6.07, 6.45) is 8.48. The van der Waals surface area contributed by atoms with E-state index >= 15 is 0 Å². The third-order valence-electron chi connectivity index (χ3n) is 13.6. The zero-order chi connectivity index (χ0) is 47.0. The second-order valence-electron chi connectivity index (χ2n) is 20.2. The molecule has 0 aromatic heterocycles. The summed E-state index contributed by atoms with van der Waals surface area (Å²) < 4.78 is 35.7. The van der Waals surface area contributed by atoms with E-state index in [9.17, 15) is 40.2 Å². The average Bonchev–Trinajstić information content (AvgIpc) is 3.26. The van der Waals surface area contributed by atoms with Gasteiger partial charge in [-0.3, -0.25) is 9.59 Å². The first-order valence-electron chi connectivity index (χ1n) is 25.7. The SMILES string of the molecule is CC(C)CCCCCCCCCCCC[C@H]1O[C@@H]2O[C@H](COC(=O)[C@H](C)[C@@H](CCCCCCCCCCCCC(C)C)O[C@@H]3O[C@H](COC(=O)[C@@H]1C)[C@@H](O)[C@H](O)[C@H]3O)[C@@H](O)[C@H](O)[C@H]2O. The van der Waals surface area contributed by atoms with Gasteiger partial charge in [-0.25, -0.2) is 0 Å². The molecule has 0 aliphatic carbocycles. The number of unbranched alkanes of at least 4 members (excludes halogenated alkanes) is 18. The quantitative estimate of drug-likeness (QED) is 0.0369. The molecule has 0 amide bonds. The lowest BCUT2D eigenvalue weighted by Gasteiger charge is -2.43. The largest absolute Gasteiger partial charge is 0.463 e. The summed E-state index contributed by atoms with van der Waals surface area (Å²) in [6, 6.07) is 0. The Morgan fingerprint density at radius 3 is 0.984 bits per heavy atom. The van der Waals surface area contributed by atoms with Crippen LogP contribution in [0.15, 0.2) is 0 Å². The number of hydrogen-bond donors (Lipinski definition) is 6. The molecule has 3 rings (SSSR count). The highest BCUT2D eigenvalue weighted by Gasteiger charge is 2.49. The van der Waals surface area contributed by atoms with Crippen LogP contribution in [0.3, 0.4) is 0 Å². The van der Waals surface area contributed by atoms with Crippen molar-refractivity contribution >= 4 is 11.9 Å². The lowest BCUT2D eigenvalue weighted by Crippen LogP contribution is -2.61. The second kappa shape index (κ2) is 31.6. The Morgan fingerprint density at radius 1 is 0.406 bits per heavy atom. The van der Waals surface area contributed by atoms with Crippen LogP contribution in [0.2, 0.25) is 0 Å². The maximum atomic E-state index is 13.6. The van der Waals surface area contributed by atoms with Gasteiger partial charge in [-0.2, -0.15) is 0 Å². The van der Waals surface area contributed by atoms with Crippen LogP contribution in [0.1, 0.15) is 196 Å². The van der Waals surface area contributed by atoms with Gasteiger partial charge in [0.2, 0.25) is 0 Å². The number of ether oxygens (including phenoxy) is 6. The fraction of sp³-hybridized carbons (Fsp3) is 0.960. The summed E-state index contributed by atoms with van der Waals surface area (Å²) in [5.41, 5.74) is 0. The molecule has 376 valence electrons. The van der Waals surface area contributed by atoms with Gasteiger partial charge < -0.3 is 59.1 Å². The van der Waals surface area contributed by atoms with E-state index in [1.54, 1.807) is 13.8 Å². The van der Waals surface area contributed by atoms with Crippen molar-refractivity contribution in [2.75, 3.05) is 13.2 Å². The molecule has 0 saturated carbocycles. The highest BCUT2D eigenvalue weighted by atomic mass is 16.7. The monoisotopic (exact) mass is 917 g/mol. The Morgan fingerprint density at radius 2 is 0.688 bits per heavy atom. The average molecular weight is 917 g/mol. The molecule has 14 atom stereocenters. The maximum Gasteiger partial charge on any atom is 0.311 e. The van der Waals surface area contributed by atoms with E-state index < -0.39 is 111 Å². The Labute approximate surface area is 385 Å². The second-order valence-corrected chi connectivity index (χ2v) is 20.2. The van der Waals surface area contributed by atoms with Crippen molar-refractivity contribution in [3.63, 3.8) is 0 Å². The number of carbonyl (C=O) groups excluding carboxylic acids is 2. The van der Waals surface area contributed by atoms with Crippen LogP contribution in [0.4, 0.5) is 0 Å². The highest BCUT2D eigenvalue weighted by Crippen LogP contribution is 2.31. The van der Waals surface area contributed by atoms with E-state index in [0.29, 0.717) is 25.7 Å². The molecule has 0 aromatic rings. The van der Waals surface area contributed by atoms with E-state index in [1.807, 2.05) is 0 Å². The summed E-state index contributed by atoms with van der Waals surface area (Å²) in [4.78, 5) is 27.3. The topological polar surface area (TPSA) is 211 Å². The number of fused-ring (bicyclic) bond motifs is 4. The van der Waals surface area contributed by atoms with Crippen LogP contribution < -0.4 is 0 Å². The highest BCUT2D eigenvalue weighted by molar-refractivity contribution is 5.73. The van der Waals surface area contributed by atoms with Gasteiger partial charge in [0.1, 0.15) is 62.0 Å².